The van der Waals surface area contributed by atoms with Gasteiger partial charge in [-0.2, -0.15) is 0 Å². The minimum Gasteiger partial charge on any atom is -0.320 e. The number of hydrogen-bond acceptors (Lipinski definition) is 1. The first-order chi connectivity index (χ1) is 6.68. The Morgan fingerprint density at radius 2 is 2.21 bits per heavy atom. The van der Waals surface area contributed by atoms with Crippen molar-refractivity contribution in [2.45, 2.75) is 31.7 Å². The zero-order valence-electron chi connectivity index (χ0n) is 7.96. The molecule has 2 saturated heterocycles. The molecule has 2 amide bonds. The van der Waals surface area contributed by atoms with Crippen molar-refractivity contribution in [2.24, 2.45) is 0 Å². The SMILES string of the molecule is O=C1N(CC(F)F)CC2CCCCN12. The Bertz CT molecular complexity index is 235. The van der Waals surface area contributed by atoms with E-state index in [9.17, 15) is 13.6 Å². The van der Waals surface area contributed by atoms with Crippen LogP contribution in [0, 0.1) is 0 Å². The molecule has 0 N–H and O–H groups in total. The van der Waals surface area contributed by atoms with Crippen molar-refractivity contribution in [2.75, 3.05) is 19.6 Å². The van der Waals surface area contributed by atoms with Crippen molar-refractivity contribution in [3.63, 3.8) is 0 Å². The maximum atomic E-state index is 12.1. The minimum atomic E-state index is -2.42. The number of carbonyl (C=O) groups is 1. The monoisotopic (exact) mass is 204 g/mol. The molecule has 0 saturated carbocycles. The fourth-order valence-corrected chi connectivity index (χ4v) is 2.28. The molecule has 2 heterocycles. The number of rotatable bonds is 2. The Hall–Kier alpha value is -0.870. The van der Waals surface area contributed by atoms with Crippen molar-refractivity contribution in [3.05, 3.63) is 0 Å². The highest BCUT2D eigenvalue weighted by Crippen LogP contribution is 2.25. The molecule has 0 aromatic rings. The van der Waals surface area contributed by atoms with Crippen LogP contribution >= 0.6 is 0 Å². The molecule has 0 radical (unpaired) electrons. The molecule has 80 valence electrons. The summed E-state index contributed by atoms with van der Waals surface area (Å²) in [4.78, 5) is 14.6. The molecule has 14 heavy (non-hydrogen) atoms. The van der Waals surface area contributed by atoms with Crippen molar-refractivity contribution < 1.29 is 13.6 Å². The smallest absolute Gasteiger partial charge is 0.320 e. The van der Waals surface area contributed by atoms with Gasteiger partial charge in [0, 0.05) is 13.1 Å². The molecule has 0 aromatic carbocycles. The van der Waals surface area contributed by atoms with E-state index in [0.29, 0.717) is 6.54 Å². The van der Waals surface area contributed by atoms with Gasteiger partial charge in [0.25, 0.3) is 6.43 Å². The Balaban J connectivity index is 1.99. The third-order valence-electron chi connectivity index (χ3n) is 2.93. The summed E-state index contributed by atoms with van der Waals surface area (Å²) in [5.41, 5.74) is 0. The van der Waals surface area contributed by atoms with E-state index < -0.39 is 13.0 Å². The van der Waals surface area contributed by atoms with E-state index >= 15 is 0 Å². The van der Waals surface area contributed by atoms with Gasteiger partial charge in [-0.05, 0) is 19.3 Å². The van der Waals surface area contributed by atoms with Crippen LogP contribution in [0.4, 0.5) is 13.6 Å². The molecular formula is C9H14F2N2O. The Labute approximate surface area is 81.7 Å². The lowest BCUT2D eigenvalue weighted by molar-refractivity contribution is 0.105. The molecule has 2 rings (SSSR count). The quantitative estimate of drug-likeness (QED) is 0.669. The van der Waals surface area contributed by atoms with Crippen LogP contribution in [0.25, 0.3) is 0 Å². The van der Waals surface area contributed by atoms with Gasteiger partial charge < -0.3 is 9.80 Å². The summed E-state index contributed by atoms with van der Waals surface area (Å²) in [5, 5.41) is 0. The first-order valence-electron chi connectivity index (χ1n) is 5.02. The second-order valence-electron chi connectivity index (χ2n) is 3.92. The van der Waals surface area contributed by atoms with E-state index in [2.05, 4.69) is 0 Å². The summed E-state index contributed by atoms with van der Waals surface area (Å²) in [6.45, 7) is 0.818. The highest BCUT2D eigenvalue weighted by atomic mass is 19.3. The van der Waals surface area contributed by atoms with Gasteiger partial charge in [-0.3, -0.25) is 0 Å². The Morgan fingerprint density at radius 1 is 1.43 bits per heavy atom. The topological polar surface area (TPSA) is 23.6 Å². The average molecular weight is 204 g/mol. The number of fused-ring (bicyclic) bond motifs is 1. The predicted octanol–water partition coefficient (Wildman–Crippen LogP) is 1.54. The van der Waals surface area contributed by atoms with Crippen LogP contribution in [0.5, 0.6) is 0 Å². The lowest BCUT2D eigenvalue weighted by Crippen LogP contribution is -2.38. The van der Waals surface area contributed by atoms with Crippen LogP contribution in [-0.4, -0.2) is 47.9 Å². The standard InChI is InChI=1S/C9H14F2N2O/c10-8(11)6-12-5-7-3-1-2-4-13(7)9(12)14/h7-8H,1-6H2. The number of amides is 2. The van der Waals surface area contributed by atoms with Gasteiger partial charge >= 0.3 is 6.03 Å². The summed E-state index contributed by atoms with van der Waals surface area (Å²) >= 11 is 0. The van der Waals surface area contributed by atoms with E-state index in [1.54, 1.807) is 4.90 Å². The van der Waals surface area contributed by atoms with Gasteiger partial charge in [0.1, 0.15) is 0 Å². The largest absolute Gasteiger partial charge is 0.320 e. The summed E-state index contributed by atoms with van der Waals surface area (Å²) in [6.07, 6.45) is 0.660. The molecule has 5 heteroatoms. The van der Waals surface area contributed by atoms with Gasteiger partial charge in [0.15, 0.2) is 0 Å². The number of carbonyl (C=O) groups excluding carboxylic acids is 1. The van der Waals surface area contributed by atoms with Crippen molar-refractivity contribution in [1.29, 1.82) is 0 Å². The molecule has 0 aromatic heterocycles. The summed E-state index contributed by atoms with van der Waals surface area (Å²) in [6, 6.07) is -0.00926. The molecule has 2 aliphatic rings. The first kappa shape index (κ1) is 9.68. The van der Waals surface area contributed by atoms with Crippen molar-refractivity contribution in [3.8, 4) is 0 Å². The van der Waals surface area contributed by atoms with Crippen LogP contribution in [0.1, 0.15) is 19.3 Å². The van der Waals surface area contributed by atoms with E-state index in [1.165, 1.54) is 4.90 Å². The van der Waals surface area contributed by atoms with E-state index in [0.717, 1.165) is 25.8 Å². The van der Waals surface area contributed by atoms with Gasteiger partial charge in [-0.25, -0.2) is 13.6 Å². The Morgan fingerprint density at radius 3 is 2.86 bits per heavy atom. The minimum absolute atomic E-state index is 0.190. The average Bonchev–Trinajstić information content (AvgIpc) is 2.44. The number of halogens is 2. The number of hydrogen-bond donors (Lipinski definition) is 0. The second kappa shape index (κ2) is 3.71. The van der Waals surface area contributed by atoms with Crippen molar-refractivity contribution in [1.82, 2.24) is 9.80 Å². The fourth-order valence-electron chi connectivity index (χ4n) is 2.28. The molecule has 0 spiro atoms. The van der Waals surface area contributed by atoms with Gasteiger partial charge in [0.05, 0.1) is 12.6 Å². The highest BCUT2D eigenvalue weighted by Gasteiger charge is 2.38. The van der Waals surface area contributed by atoms with Crippen molar-refractivity contribution >= 4 is 6.03 Å². The number of nitrogens with zero attached hydrogens (tertiary/aromatic N) is 2. The number of alkyl halides is 2. The molecule has 1 unspecified atom stereocenters. The van der Waals surface area contributed by atoms with E-state index in [4.69, 9.17) is 0 Å². The lowest BCUT2D eigenvalue weighted by atomic mass is 10.0. The first-order valence-corrected chi connectivity index (χ1v) is 5.02. The van der Waals surface area contributed by atoms with Crippen LogP contribution < -0.4 is 0 Å². The molecule has 2 aliphatic heterocycles. The zero-order valence-corrected chi connectivity index (χ0v) is 7.96. The molecule has 2 fully saturated rings. The maximum Gasteiger partial charge on any atom is 0.320 e. The summed E-state index contributed by atoms with van der Waals surface area (Å²) < 4.78 is 24.3. The lowest BCUT2D eigenvalue weighted by Gasteiger charge is -2.27. The highest BCUT2D eigenvalue weighted by molar-refractivity contribution is 5.77. The van der Waals surface area contributed by atoms with Crippen LogP contribution in [0.15, 0.2) is 0 Å². The van der Waals surface area contributed by atoms with E-state index in [-0.39, 0.29) is 12.1 Å². The normalized spacial score (nSPS) is 27.4. The number of urea groups is 1. The molecule has 3 nitrogen and oxygen atoms in total. The zero-order chi connectivity index (χ0) is 10.1. The second-order valence-corrected chi connectivity index (χ2v) is 3.92. The van der Waals surface area contributed by atoms with E-state index in [1.807, 2.05) is 0 Å². The third kappa shape index (κ3) is 1.67. The predicted molar refractivity (Wildman–Crippen MR) is 47.3 cm³/mol. The molecule has 0 bridgehead atoms. The summed E-state index contributed by atoms with van der Waals surface area (Å²) in [5.74, 6) is 0. The summed E-state index contributed by atoms with van der Waals surface area (Å²) in [7, 11) is 0. The van der Waals surface area contributed by atoms with Gasteiger partial charge in [-0.1, -0.05) is 0 Å². The third-order valence-corrected chi connectivity index (χ3v) is 2.93. The van der Waals surface area contributed by atoms with Crippen LogP contribution in [-0.2, 0) is 0 Å². The fraction of sp³-hybridized carbons (Fsp3) is 0.889. The van der Waals surface area contributed by atoms with Crippen LogP contribution in [0.3, 0.4) is 0 Å². The van der Waals surface area contributed by atoms with Gasteiger partial charge in [0.2, 0.25) is 0 Å². The Kier molecular flexibility index (Phi) is 2.56. The molecular weight excluding hydrogens is 190 g/mol. The van der Waals surface area contributed by atoms with Gasteiger partial charge in [-0.15, -0.1) is 0 Å². The number of piperidine rings is 1. The van der Waals surface area contributed by atoms with Crippen LogP contribution in [0.2, 0.25) is 0 Å². The molecule has 0 aliphatic carbocycles. The molecule has 1 atom stereocenters. The maximum absolute atomic E-state index is 12.1.